The van der Waals surface area contributed by atoms with Crippen LogP contribution in [-0.2, 0) is 14.3 Å². The highest BCUT2D eigenvalue weighted by Crippen LogP contribution is 2.25. The molecule has 0 saturated carbocycles. The number of halogens is 1. The predicted molar refractivity (Wildman–Crippen MR) is 107 cm³/mol. The Morgan fingerprint density at radius 3 is 2.68 bits per heavy atom. The molecule has 2 aromatic rings. The van der Waals surface area contributed by atoms with Crippen molar-refractivity contribution in [1.29, 1.82) is 5.26 Å². The second kappa shape index (κ2) is 10.3. The van der Waals surface area contributed by atoms with E-state index in [1.54, 1.807) is 37.3 Å². The average molecular weight is 444 g/mol. The lowest BCUT2D eigenvalue weighted by Crippen LogP contribution is -2.17. The maximum atomic E-state index is 12.0. The highest BCUT2D eigenvalue weighted by atomic mass is 79.9. The number of esters is 2. The van der Waals surface area contributed by atoms with Crippen LogP contribution in [0.5, 0.6) is 11.5 Å². The summed E-state index contributed by atoms with van der Waals surface area (Å²) < 4.78 is 16.3. The Bertz CT molecular complexity index is 946. The number of nitrogens with zero attached hydrogens (tertiary/aromatic N) is 1. The minimum atomic E-state index is -0.704. The predicted octanol–water partition coefficient (Wildman–Crippen LogP) is 4.21. The van der Waals surface area contributed by atoms with Crippen LogP contribution in [0.1, 0.15) is 18.1 Å². The van der Waals surface area contributed by atoms with Gasteiger partial charge in [0, 0.05) is 0 Å². The van der Waals surface area contributed by atoms with Gasteiger partial charge >= 0.3 is 11.9 Å². The fourth-order valence-electron chi connectivity index (χ4n) is 2.20. The van der Waals surface area contributed by atoms with E-state index in [1.807, 2.05) is 19.1 Å². The molecular weight excluding hydrogens is 426 g/mol. The average Bonchev–Trinajstić information content (AvgIpc) is 2.66. The molecule has 2 rings (SSSR count). The van der Waals surface area contributed by atoms with E-state index < -0.39 is 11.9 Å². The first-order chi connectivity index (χ1) is 13.4. The molecule has 0 aliphatic heterocycles. The van der Waals surface area contributed by atoms with Gasteiger partial charge in [0.15, 0.2) is 6.61 Å². The van der Waals surface area contributed by atoms with E-state index in [0.29, 0.717) is 11.3 Å². The fraction of sp³-hybridized carbons (Fsp3) is 0.190. The van der Waals surface area contributed by atoms with Crippen LogP contribution < -0.4 is 9.47 Å². The van der Waals surface area contributed by atoms with E-state index in [9.17, 15) is 9.59 Å². The molecule has 0 bridgehead atoms. The highest BCUT2D eigenvalue weighted by Gasteiger charge is 2.11. The van der Waals surface area contributed by atoms with Gasteiger partial charge in [-0.05, 0) is 71.2 Å². The van der Waals surface area contributed by atoms with Crippen LogP contribution >= 0.6 is 15.9 Å². The van der Waals surface area contributed by atoms with Crippen molar-refractivity contribution in [3.8, 4) is 17.6 Å². The molecule has 0 aromatic heterocycles. The van der Waals surface area contributed by atoms with Crippen molar-refractivity contribution >= 4 is 33.9 Å². The Labute approximate surface area is 171 Å². The molecular formula is C21H18BrNO5. The van der Waals surface area contributed by atoms with Gasteiger partial charge in [0.2, 0.25) is 0 Å². The molecule has 0 N–H and O–H groups in total. The molecule has 0 heterocycles. The highest BCUT2D eigenvalue weighted by molar-refractivity contribution is 9.10. The lowest BCUT2D eigenvalue weighted by Gasteiger charge is -2.09. The van der Waals surface area contributed by atoms with Crippen LogP contribution in [0.3, 0.4) is 0 Å². The standard InChI is InChI=1S/C21H18BrNO5/c1-3-26-21(25)16(12-23)10-15-5-4-6-17(11-15)28-20(24)13-27-19-8-7-14(2)9-18(19)22/h4-11H,3,13H2,1-2H3/b16-10+. The first-order valence-electron chi connectivity index (χ1n) is 8.41. The van der Waals surface area contributed by atoms with Crippen molar-refractivity contribution < 1.29 is 23.8 Å². The molecule has 144 valence electrons. The summed E-state index contributed by atoms with van der Waals surface area (Å²) in [5.41, 5.74) is 1.45. The van der Waals surface area contributed by atoms with Gasteiger partial charge in [-0.2, -0.15) is 5.26 Å². The van der Waals surface area contributed by atoms with Crippen molar-refractivity contribution in [1.82, 2.24) is 0 Å². The third kappa shape index (κ3) is 6.25. The van der Waals surface area contributed by atoms with Gasteiger partial charge in [0.25, 0.3) is 0 Å². The number of benzene rings is 2. The number of hydrogen-bond donors (Lipinski definition) is 0. The zero-order valence-corrected chi connectivity index (χ0v) is 17.0. The van der Waals surface area contributed by atoms with Crippen LogP contribution in [0, 0.1) is 18.3 Å². The number of rotatable bonds is 7. The van der Waals surface area contributed by atoms with Crippen LogP contribution in [0.15, 0.2) is 52.5 Å². The zero-order valence-electron chi connectivity index (χ0n) is 15.4. The monoisotopic (exact) mass is 443 g/mol. The van der Waals surface area contributed by atoms with E-state index >= 15 is 0 Å². The van der Waals surface area contributed by atoms with E-state index in [1.165, 1.54) is 12.1 Å². The molecule has 7 heteroatoms. The van der Waals surface area contributed by atoms with Crippen LogP contribution in [0.4, 0.5) is 0 Å². The molecule has 0 aliphatic rings. The molecule has 2 aromatic carbocycles. The Morgan fingerprint density at radius 1 is 1.21 bits per heavy atom. The number of nitriles is 1. The van der Waals surface area contributed by atoms with Crippen molar-refractivity contribution in [2.45, 2.75) is 13.8 Å². The second-order valence-electron chi connectivity index (χ2n) is 5.66. The summed E-state index contributed by atoms with van der Waals surface area (Å²) >= 11 is 3.38. The summed E-state index contributed by atoms with van der Waals surface area (Å²) in [6.07, 6.45) is 1.37. The molecule has 0 aliphatic carbocycles. The smallest absolute Gasteiger partial charge is 0.349 e. The molecule has 0 unspecified atom stereocenters. The van der Waals surface area contributed by atoms with Gasteiger partial charge in [0.05, 0.1) is 11.1 Å². The molecule has 0 radical (unpaired) electrons. The van der Waals surface area contributed by atoms with E-state index in [-0.39, 0.29) is 24.5 Å². The molecule has 0 atom stereocenters. The largest absolute Gasteiger partial charge is 0.481 e. The maximum Gasteiger partial charge on any atom is 0.349 e. The van der Waals surface area contributed by atoms with Gasteiger partial charge in [-0.1, -0.05) is 18.2 Å². The van der Waals surface area contributed by atoms with E-state index in [0.717, 1.165) is 10.0 Å². The van der Waals surface area contributed by atoms with Gasteiger partial charge in [0.1, 0.15) is 23.1 Å². The molecule has 0 saturated heterocycles. The van der Waals surface area contributed by atoms with Gasteiger partial charge < -0.3 is 14.2 Å². The van der Waals surface area contributed by atoms with E-state index in [4.69, 9.17) is 19.5 Å². The van der Waals surface area contributed by atoms with Crippen LogP contribution in [0.25, 0.3) is 6.08 Å². The van der Waals surface area contributed by atoms with Gasteiger partial charge in [-0.3, -0.25) is 0 Å². The van der Waals surface area contributed by atoms with E-state index in [2.05, 4.69) is 15.9 Å². The van der Waals surface area contributed by atoms with Crippen molar-refractivity contribution in [3.63, 3.8) is 0 Å². The third-order valence-electron chi connectivity index (χ3n) is 3.45. The Morgan fingerprint density at radius 2 is 2.00 bits per heavy atom. The SMILES string of the molecule is CCOC(=O)/C(C#N)=C/c1cccc(OC(=O)COc2ccc(C)cc2Br)c1. The summed E-state index contributed by atoms with van der Waals surface area (Å²) in [7, 11) is 0. The van der Waals surface area contributed by atoms with Crippen LogP contribution in [-0.4, -0.2) is 25.2 Å². The van der Waals surface area contributed by atoms with Crippen molar-refractivity contribution in [2.75, 3.05) is 13.2 Å². The number of ether oxygens (including phenoxy) is 3. The Balaban J connectivity index is 2.02. The first kappa shape index (κ1) is 21.2. The lowest BCUT2D eigenvalue weighted by molar-refractivity contribution is -0.138. The summed E-state index contributed by atoms with van der Waals surface area (Å²) in [5, 5.41) is 9.09. The molecule has 0 amide bonds. The topological polar surface area (TPSA) is 85.6 Å². The van der Waals surface area contributed by atoms with Crippen molar-refractivity contribution in [2.24, 2.45) is 0 Å². The molecule has 0 fully saturated rings. The lowest BCUT2D eigenvalue weighted by atomic mass is 10.1. The minimum absolute atomic E-state index is 0.141. The Kier molecular flexibility index (Phi) is 7.78. The first-order valence-corrected chi connectivity index (χ1v) is 9.21. The second-order valence-corrected chi connectivity index (χ2v) is 6.51. The maximum absolute atomic E-state index is 12.0. The summed E-state index contributed by atoms with van der Waals surface area (Å²) in [6, 6.07) is 13.8. The number of carbonyl (C=O) groups is 2. The van der Waals surface area contributed by atoms with Crippen LogP contribution in [0.2, 0.25) is 0 Å². The van der Waals surface area contributed by atoms with Gasteiger partial charge in [-0.15, -0.1) is 0 Å². The summed E-state index contributed by atoms with van der Waals surface area (Å²) in [6.45, 7) is 3.51. The minimum Gasteiger partial charge on any atom is -0.481 e. The summed E-state index contributed by atoms with van der Waals surface area (Å²) in [4.78, 5) is 23.7. The van der Waals surface area contributed by atoms with Gasteiger partial charge in [-0.25, -0.2) is 9.59 Å². The van der Waals surface area contributed by atoms with Crippen molar-refractivity contribution in [3.05, 3.63) is 63.6 Å². The quantitative estimate of drug-likeness (QED) is 0.275. The third-order valence-corrected chi connectivity index (χ3v) is 4.07. The number of hydrogen-bond acceptors (Lipinski definition) is 6. The molecule has 0 spiro atoms. The zero-order chi connectivity index (χ0) is 20.5. The molecule has 6 nitrogen and oxygen atoms in total. The normalized spacial score (nSPS) is 10.7. The number of aryl methyl sites for hydroxylation is 1. The fourth-order valence-corrected chi connectivity index (χ4v) is 2.81. The Hall–Kier alpha value is -3.11. The number of carbonyl (C=O) groups excluding carboxylic acids is 2. The molecule has 28 heavy (non-hydrogen) atoms. The summed E-state index contributed by atoms with van der Waals surface area (Å²) in [5.74, 6) is -0.484.